The molecular formula is C16H24N4O2. The monoisotopic (exact) mass is 304 g/mol. The first-order chi connectivity index (χ1) is 10.8. The molecular weight excluding hydrogens is 280 g/mol. The zero-order valence-corrected chi connectivity index (χ0v) is 13.5. The smallest absolute Gasteiger partial charge is 0.159 e. The van der Waals surface area contributed by atoms with Crippen molar-refractivity contribution in [3.8, 4) is 0 Å². The molecule has 1 saturated heterocycles. The van der Waals surface area contributed by atoms with Gasteiger partial charge in [0.05, 0.1) is 22.8 Å². The number of fused-ring (bicyclic) bond motifs is 1. The number of nitrogens with one attached hydrogen (secondary N) is 1. The standard InChI is InChI=1S/C14H18N4O2.C2H6/c1-2-18-14-12(8-16-18)13(10(9-19)7-15-14)17-11-3-5-20-6-4-11;1-2/h7-9,11H,2-6H2,1H3,(H,15,17);1-2H3. The Bertz CT molecular complexity index is 618. The van der Waals surface area contributed by atoms with E-state index in [1.54, 1.807) is 12.4 Å². The second kappa shape index (κ2) is 7.89. The van der Waals surface area contributed by atoms with Gasteiger partial charge >= 0.3 is 0 Å². The zero-order chi connectivity index (χ0) is 15.9. The number of carbonyl (C=O) groups is 1. The van der Waals surface area contributed by atoms with Gasteiger partial charge in [0.25, 0.3) is 0 Å². The van der Waals surface area contributed by atoms with E-state index in [4.69, 9.17) is 4.74 Å². The van der Waals surface area contributed by atoms with Gasteiger partial charge in [0.2, 0.25) is 0 Å². The lowest BCUT2D eigenvalue weighted by Crippen LogP contribution is -2.28. The molecule has 0 saturated carbocycles. The van der Waals surface area contributed by atoms with E-state index in [0.29, 0.717) is 11.6 Å². The number of hydrogen-bond donors (Lipinski definition) is 1. The zero-order valence-electron chi connectivity index (χ0n) is 13.5. The molecule has 0 aliphatic carbocycles. The summed E-state index contributed by atoms with van der Waals surface area (Å²) >= 11 is 0. The number of aryl methyl sites for hydroxylation is 1. The predicted octanol–water partition coefficient (Wildman–Crippen LogP) is 2.88. The van der Waals surface area contributed by atoms with Gasteiger partial charge in [-0.2, -0.15) is 5.10 Å². The first-order valence-electron chi connectivity index (χ1n) is 7.97. The van der Waals surface area contributed by atoms with Gasteiger partial charge in [-0.3, -0.25) is 4.79 Å². The third-order valence-electron chi connectivity index (χ3n) is 3.69. The number of rotatable bonds is 4. The van der Waals surface area contributed by atoms with E-state index in [-0.39, 0.29) is 0 Å². The summed E-state index contributed by atoms with van der Waals surface area (Å²) in [7, 11) is 0. The summed E-state index contributed by atoms with van der Waals surface area (Å²) in [6, 6.07) is 0.332. The lowest BCUT2D eigenvalue weighted by Gasteiger charge is -2.25. The Hall–Kier alpha value is -1.95. The fourth-order valence-corrected chi connectivity index (χ4v) is 2.57. The summed E-state index contributed by atoms with van der Waals surface area (Å²) in [6.07, 6.45) is 6.14. The fourth-order valence-electron chi connectivity index (χ4n) is 2.57. The van der Waals surface area contributed by atoms with Crippen LogP contribution in [0.1, 0.15) is 44.0 Å². The molecule has 120 valence electrons. The lowest BCUT2D eigenvalue weighted by atomic mass is 10.1. The van der Waals surface area contributed by atoms with Gasteiger partial charge in [0, 0.05) is 32.0 Å². The van der Waals surface area contributed by atoms with Crippen molar-refractivity contribution in [1.29, 1.82) is 0 Å². The van der Waals surface area contributed by atoms with Crippen LogP contribution < -0.4 is 5.32 Å². The fraction of sp³-hybridized carbons (Fsp3) is 0.562. The normalized spacial score (nSPS) is 15.2. The Labute approximate surface area is 130 Å². The molecule has 0 radical (unpaired) electrons. The van der Waals surface area contributed by atoms with Gasteiger partial charge in [-0.25, -0.2) is 9.67 Å². The number of hydrogen-bond acceptors (Lipinski definition) is 5. The highest BCUT2D eigenvalue weighted by Gasteiger charge is 2.18. The molecule has 0 amide bonds. The van der Waals surface area contributed by atoms with Crippen molar-refractivity contribution in [1.82, 2.24) is 14.8 Å². The van der Waals surface area contributed by atoms with Gasteiger partial charge in [0.15, 0.2) is 11.9 Å². The molecule has 3 rings (SSSR count). The molecule has 22 heavy (non-hydrogen) atoms. The van der Waals surface area contributed by atoms with E-state index < -0.39 is 0 Å². The quantitative estimate of drug-likeness (QED) is 0.880. The van der Waals surface area contributed by atoms with E-state index in [1.165, 1.54) is 0 Å². The second-order valence-electron chi connectivity index (χ2n) is 4.93. The maximum Gasteiger partial charge on any atom is 0.159 e. The van der Waals surface area contributed by atoms with Gasteiger partial charge < -0.3 is 10.1 Å². The van der Waals surface area contributed by atoms with E-state index in [1.807, 2.05) is 25.5 Å². The van der Waals surface area contributed by atoms with Crippen LogP contribution in [0, 0.1) is 0 Å². The van der Waals surface area contributed by atoms with Crippen LogP contribution in [-0.2, 0) is 11.3 Å². The maximum absolute atomic E-state index is 11.3. The molecule has 3 heterocycles. The van der Waals surface area contributed by atoms with Crippen LogP contribution in [0.3, 0.4) is 0 Å². The number of carbonyl (C=O) groups excluding carboxylic acids is 1. The van der Waals surface area contributed by atoms with Gasteiger partial charge in [-0.1, -0.05) is 13.8 Å². The summed E-state index contributed by atoms with van der Waals surface area (Å²) in [5.41, 5.74) is 2.24. The minimum atomic E-state index is 0.332. The number of pyridine rings is 1. The molecule has 1 aliphatic rings. The predicted molar refractivity (Wildman–Crippen MR) is 87.4 cm³/mol. The molecule has 6 heteroatoms. The van der Waals surface area contributed by atoms with Crippen LogP contribution in [-0.4, -0.2) is 40.3 Å². The van der Waals surface area contributed by atoms with Gasteiger partial charge in [-0.15, -0.1) is 0 Å². The Kier molecular flexibility index (Phi) is 5.89. The number of ether oxygens (including phenoxy) is 1. The van der Waals surface area contributed by atoms with Crippen molar-refractivity contribution in [2.24, 2.45) is 0 Å². The molecule has 2 aromatic rings. The van der Waals surface area contributed by atoms with Crippen LogP contribution in [0.4, 0.5) is 5.69 Å². The average Bonchev–Trinajstić information content (AvgIpc) is 3.01. The summed E-state index contributed by atoms with van der Waals surface area (Å²) in [5.74, 6) is 0. The summed E-state index contributed by atoms with van der Waals surface area (Å²) in [6.45, 7) is 8.30. The third-order valence-corrected chi connectivity index (χ3v) is 3.69. The van der Waals surface area contributed by atoms with Crippen LogP contribution in [0.5, 0.6) is 0 Å². The molecule has 1 N–H and O–H groups in total. The summed E-state index contributed by atoms with van der Waals surface area (Å²) in [4.78, 5) is 15.6. The van der Waals surface area contributed by atoms with Crippen molar-refractivity contribution in [3.05, 3.63) is 18.0 Å². The molecule has 2 aromatic heterocycles. The highest BCUT2D eigenvalue weighted by atomic mass is 16.5. The van der Waals surface area contributed by atoms with Crippen molar-refractivity contribution in [3.63, 3.8) is 0 Å². The Balaban J connectivity index is 0.000000847. The van der Waals surface area contributed by atoms with Crippen LogP contribution in [0.25, 0.3) is 11.0 Å². The van der Waals surface area contributed by atoms with Gasteiger partial charge in [0.1, 0.15) is 0 Å². The van der Waals surface area contributed by atoms with Crippen LogP contribution in [0.15, 0.2) is 12.4 Å². The first kappa shape index (κ1) is 16.4. The first-order valence-corrected chi connectivity index (χ1v) is 7.97. The average molecular weight is 304 g/mol. The molecule has 0 aromatic carbocycles. The van der Waals surface area contributed by atoms with Crippen molar-refractivity contribution < 1.29 is 9.53 Å². The van der Waals surface area contributed by atoms with Crippen molar-refractivity contribution in [2.75, 3.05) is 18.5 Å². The number of anilines is 1. The molecule has 1 aliphatic heterocycles. The van der Waals surface area contributed by atoms with Crippen molar-refractivity contribution >= 4 is 23.0 Å². The van der Waals surface area contributed by atoms with E-state index in [0.717, 1.165) is 55.6 Å². The largest absolute Gasteiger partial charge is 0.381 e. The van der Waals surface area contributed by atoms with Crippen LogP contribution >= 0.6 is 0 Å². The lowest BCUT2D eigenvalue weighted by molar-refractivity contribution is 0.0904. The maximum atomic E-state index is 11.3. The highest BCUT2D eigenvalue weighted by Crippen LogP contribution is 2.27. The van der Waals surface area contributed by atoms with Gasteiger partial charge in [-0.05, 0) is 19.8 Å². The molecule has 0 bridgehead atoms. The SMILES string of the molecule is CC.CCn1ncc2c(NC3CCOCC3)c(C=O)cnc21. The minimum Gasteiger partial charge on any atom is -0.381 e. The van der Waals surface area contributed by atoms with Crippen molar-refractivity contribution in [2.45, 2.75) is 46.2 Å². The summed E-state index contributed by atoms with van der Waals surface area (Å²) < 4.78 is 7.20. The second-order valence-corrected chi connectivity index (χ2v) is 4.93. The number of aldehydes is 1. The van der Waals surface area contributed by atoms with E-state index in [2.05, 4.69) is 15.4 Å². The Morgan fingerprint density at radius 2 is 2.09 bits per heavy atom. The Morgan fingerprint density at radius 3 is 2.73 bits per heavy atom. The molecule has 0 spiro atoms. The minimum absolute atomic E-state index is 0.332. The number of aromatic nitrogens is 3. The molecule has 6 nitrogen and oxygen atoms in total. The molecule has 0 atom stereocenters. The van der Waals surface area contributed by atoms with Crippen LogP contribution in [0.2, 0.25) is 0 Å². The summed E-state index contributed by atoms with van der Waals surface area (Å²) in [5, 5.41) is 8.70. The highest BCUT2D eigenvalue weighted by molar-refractivity contribution is 5.98. The molecule has 1 fully saturated rings. The van der Waals surface area contributed by atoms with E-state index in [9.17, 15) is 4.79 Å². The topological polar surface area (TPSA) is 69.0 Å². The molecule has 0 unspecified atom stereocenters. The van der Waals surface area contributed by atoms with E-state index >= 15 is 0 Å². The third kappa shape index (κ3) is 3.27. The Morgan fingerprint density at radius 1 is 1.36 bits per heavy atom. The number of nitrogens with zero attached hydrogens (tertiary/aromatic N) is 3.